The van der Waals surface area contributed by atoms with Crippen LogP contribution in [0.5, 0.6) is 17.2 Å². The van der Waals surface area contributed by atoms with E-state index in [1.54, 1.807) is 36.7 Å². The van der Waals surface area contributed by atoms with Crippen LogP contribution in [0.1, 0.15) is 29.8 Å². The van der Waals surface area contributed by atoms with Gasteiger partial charge in [-0.1, -0.05) is 42.0 Å². The third-order valence-electron chi connectivity index (χ3n) is 8.31. The van der Waals surface area contributed by atoms with Gasteiger partial charge in [0.25, 0.3) is 0 Å². The van der Waals surface area contributed by atoms with Crippen molar-refractivity contribution in [2.24, 2.45) is 0 Å². The highest BCUT2D eigenvalue weighted by Gasteiger charge is 2.39. The van der Waals surface area contributed by atoms with E-state index in [9.17, 15) is 8.42 Å². The van der Waals surface area contributed by atoms with Crippen molar-refractivity contribution in [2.75, 3.05) is 6.61 Å². The van der Waals surface area contributed by atoms with Crippen LogP contribution in [0.3, 0.4) is 0 Å². The molecule has 1 unspecified atom stereocenters. The molecule has 6 aromatic rings. The van der Waals surface area contributed by atoms with Gasteiger partial charge >= 0.3 is 10.1 Å². The lowest BCUT2D eigenvalue weighted by Gasteiger charge is -2.39. The number of benzene rings is 4. The summed E-state index contributed by atoms with van der Waals surface area (Å²) in [5.74, 6) is 1.65. The number of hydrogen-bond donors (Lipinski definition) is 0. The van der Waals surface area contributed by atoms with Gasteiger partial charge in [-0.15, -0.1) is 0 Å². The quantitative estimate of drug-likeness (QED) is 0.108. The molecular formula is C41H38N2O7S2. The highest BCUT2D eigenvalue weighted by Crippen LogP contribution is 2.71. The van der Waals surface area contributed by atoms with Crippen LogP contribution in [-0.2, 0) is 31.7 Å². The standard InChI is InChI=1S/C41H38N2O7S2/c1-31-16-20-38(21-17-31)52(44,45)50-51(37-22-18-34(19-23-37)49-41-15-8-26-46-41,39-13-6-11-35(27-39)47-29-32-9-2-4-24-42-32)40-14-7-12-36(28-40)48-30-33-10-3-5-25-43-33/h2-7,9-14,16-25,27-28,41H,8,15,26,29-30H2,1H3. The third kappa shape index (κ3) is 8.29. The van der Waals surface area contributed by atoms with E-state index in [0.29, 0.717) is 38.5 Å². The Morgan fingerprint density at radius 1 is 0.635 bits per heavy atom. The Morgan fingerprint density at radius 2 is 1.21 bits per heavy atom. The van der Waals surface area contributed by atoms with Gasteiger partial charge in [0, 0.05) is 33.5 Å². The molecule has 1 saturated heterocycles. The van der Waals surface area contributed by atoms with Crippen molar-refractivity contribution < 1.29 is 31.0 Å². The summed E-state index contributed by atoms with van der Waals surface area (Å²) in [7, 11) is -7.43. The zero-order chi connectivity index (χ0) is 35.8. The van der Waals surface area contributed by atoms with Crippen LogP contribution in [-0.4, -0.2) is 31.3 Å². The average molecular weight is 735 g/mol. The van der Waals surface area contributed by atoms with Crippen molar-refractivity contribution in [2.45, 2.75) is 58.9 Å². The molecule has 0 spiro atoms. The van der Waals surface area contributed by atoms with Gasteiger partial charge in [-0.05, 0) is 121 Å². The zero-order valence-corrected chi connectivity index (χ0v) is 30.2. The van der Waals surface area contributed by atoms with Gasteiger partial charge < -0.3 is 18.9 Å². The van der Waals surface area contributed by atoms with Crippen molar-refractivity contribution in [3.63, 3.8) is 0 Å². The Balaban J connectivity index is 1.36. The highest BCUT2D eigenvalue weighted by atomic mass is 32.3. The number of hydrogen-bond acceptors (Lipinski definition) is 9. The maximum atomic E-state index is 14.4. The van der Waals surface area contributed by atoms with E-state index in [0.717, 1.165) is 29.8 Å². The molecule has 0 saturated carbocycles. The van der Waals surface area contributed by atoms with Gasteiger partial charge in [-0.2, -0.15) is 8.42 Å². The summed E-state index contributed by atoms with van der Waals surface area (Å²) in [6.45, 7) is 3.00. The smallest absolute Gasteiger partial charge is 0.307 e. The molecule has 3 heterocycles. The van der Waals surface area contributed by atoms with Crippen LogP contribution in [0.2, 0.25) is 0 Å². The minimum absolute atomic E-state index is 0.0402. The summed E-state index contributed by atoms with van der Waals surface area (Å²) in [6, 6.07) is 40.0. The highest BCUT2D eigenvalue weighted by molar-refractivity contribution is 8.33. The maximum absolute atomic E-state index is 14.4. The summed E-state index contributed by atoms with van der Waals surface area (Å²) < 4.78 is 59.8. The minimum atomic E-state index is -4.36. The molecule has 0 bridgehead atoms. The molecule has 1 aliphatic heterocycles. The molecule has 1 aliphatic rings. The van der Waals surface area contributed by atoms with Crippen LogP contribution in [0.25, 0.3) is 0 Å². The van der Waals surface area contributed by atoms with Crippen LogP contribution in [0.15, 0.2) is 165 Å². The summed E-state index contributed by atoms with van der Waals surface area (Å²) >= 11 is 0. The lowest BCUT2D eigenvalue weighted by Crippen LogP contribution is -2.16. The molecule has 1 atom stereocenters. The number of ether oxygens (including phenoxy) is 4. The van der Waals surface area contributed by atoms with E-state index in [1.807, 2.05) is 116 Å². The Kier molecular flexibility index (Phi) is 10.8. The number of aryl methyl sites for hydroxylation is 1. The Bertz CT molecular complexity index is 2090. The lowest BCUT2D eigenvalue weighted by atomic mass is 10.2. The first-order valence-corrected chi connectivity index (χ1v) is 19.8. The van der Waals surface area contributed by atoms with Crippen molar-refractivity contribution in [1.82, 2.24) is 9.97 Å². The fourth-order valence-corrected chi connectivity index (χ4v) is 10.9. The van der Waals surface area contributed by atoms with Crippen LogP contribution in [0, 0.1) is 6.92 Å². The van der Waals surface area contributed by atoms with Crippen LogP contribution >= 0.6 is 10.3 Å². The topological polar surface area (TPSA) is 106 Å². The lowest BCUT2D eigenvalue weighted by molar-refractivity contribution is -0.0390. The first kappa shape index (κ1) is 35.2. The van der Waals surface area contributed by atoms with Gasteiger partial charge in [0.2, 0.25) is 0 Å². The molecular weight excluding hydrogens is 697 g/mol. The summed E-state index contributed by atoms with van der Waals surface area (Å²) in [5.41, 5.74) is 2.43. The first-order valence-electron chi connectivity index (χ1n) is 16.9. The molecule has 0 radical (unpaired) electrons. The van der Waals surface area contributed by atoms with E-state index < -0.39 is 20.4 Å². The first-order chi connectivity index (χ1) is 25.4. The summed E-state index contributed by atoms with van der Waals surface area (Å²) in [4.78, 5) is 10.6. The monoisotopic (exact) mass is 734 g/mol. The average Bonchev–Trinajstić information content (AvgIpc) is 3.70. The van der Waals surface area contributed by atoms with Crippen molar-refractivity contribution >= 4 is 20.4 Å². The molecule has 4 aromatic carbocycles. The molecule has 266 valence electrons. The van der Waals surface area contributed by atoms with Crippen molar-refractivity contribution in [3.05, 3.63) is 163 Å². The Hall–Kier alpha value is -5.20. The van der Waals surface area contributed by atoms with Gasteiger partial charge in [0.15, 0.2) is 6.29 Å². The molecule has 2 aromatic heterocycles. The largest absolute Gasteiger partial charge is 0.487 e. The van der Waals surface area contributed by atoms with Crippen LogP contribution < -0.4 is 14.2 Å². The van der Waals surface area contributed by atoms with E-state index in [2.05, 4.69) is 9.97 Å². The third-order valence-corrected chi connectivity index (χ3v) is 13.5. The number of pyridine rings is 2. The molecule has 11 heteroatoms. The number of aromatic nitrogens is 2. The van der Waals surface area contributed by atoms with E-state index in [1.165, 1.54) is 0 Å². The normalized spacial score (nSPS) is 14.8. The minimum Gasteiger partial charge on any atom is -0.487 e. The molecule has 9 nitrogen and oxygen atoms in total. The molecule has 1 fully saturated rings. The zero-order valence-electron chi connectivity index (χ0n) is 28.5. The van der Waals surface area contributed by atoms with Gasteiger partial charge in [-0.3, -0.25) is 9.97 Å². The van der Waals surface area contributed by atoms with Gasteiger partial charge in [-0.25, -0.2) is 3.63 Å². The second-order valence-corrected chi connectivity index (χ2v) is 16.5. The second-order valence-electron chi connectivity index (χ2n) is 12.1. The Morgan fingerprint density at radius 3 is 1.73 bits per heavy atom. The van der Waals surface area contributed by atoms with E-state index >= 15 is 0 Å². The molecule has 0 amide bonds. The molecule has 7 rings (SSSR count). The predicted molar refractivity (Wildman–Crippen MR) is 198 cm³/mol. The maximum Gasteiger partial charge on any atom is 0.307 e. The summed E-state index contributed by atoms with van der Waals surface area (Å²) in [5, 5.41) is 0. The van der Waals surface area contributed by atoms with Crippen molar-refractivity contribution in [3.8, 4) is 17.2 Å². The molecule has 0 N–H and O–H groups in total. The predicted octanol–water partition coefficient (Wildman–Crippen LogP) is 9.06. The SMILES string of the molecule is Cc1ccc(S(=O)(=O)OS(c2ccc(OC3CCCO3)cc2)(c2cccc(OCc3ccccn3)c2)c2cccc(OCc3ccccn3)c2)cc1. The molecule has 0 aliphatic carbocycles. The van der Waals surface area contributed by atoms with E-state index in [-0.39, 0.29) is 24.4 Å². The van der Waals surface area contributed by atoms with Crippen LogP contribution in [0.4, 0.5) is 0 Å². The van der Waals surface area contributed by atoms with Gasteiger partial charge in [0.1, 0.15) is 30.5 Å². The molecule has 52 heavy (non-hydrogen) atoms. The fourth-order valence-electron chi connectivity index (χ4n) is 5.67. The summed E-state index contributed by atoms with van der Waals surface area (Å²) in [6.07, 6.45) is 4.82. The number of rotatable bonds is 14. The van der Waals surface area contributed by atoms with E-state index in [4.69, 9.17) is 22.6 Å². The second kappa shape index (κ2) is 16.0. The van der Waals surface area contributed by atoms with Gasteiger partial charge in [0.05, 0.1) is 22.9 Å². The fraction of sp³-hybridized carbons (Fsp3) is 0.171. The number of nitrogens with zero attached hydrogens (tertiary/aromatic N) is 2. The Labute approximate surface area is 305 Å². The van der Waals surface area contributed by atoms with Crippen molar-refractivity contribution in [1.29, 1.82) is 0 Å².